The Bertz CT molecular complexity index is 1030. The maximum atomic E-state index is 12.5. The summed E-state index contributed by atoms with van der Waals surface area (Å²) in [4.78, 5) is 22.8. The third-order valence-corrected chi connectivity index (χ3v) is 5.19. The zero-order chi connectivity index (χ0) is 19.8. The number of non-ortho nitro benzene ring substituents is 1. The van der Waals surface area contributed by atoms with Gasteiger partial charge in [0, 0.05) is 22.8 Å². The number of hydrogen-bond acceptors (Lipinski definition) is 6. The number of fused-ring (bicyclic) bond motifs is 1. The summed E-state index contributed by atoms with van der Waals surface area (Å²) in [6, 6.07) is 9.82. The van der Waals surface area contributed by atoms with Crippen LogP contribution in [-0.2, 0) is 14.8 Å². The summed E-state index contributed by atoms with van der Waals surface area (Å²) >= 11 is 5.93. The highest BCUT2D eigenvalue weighted by atomic mass is 35.5. The number of ether oxygens (including phenoxy) is 1. The quantitative estimate of drug-likeness (QED) is 0.609. The number of benzene rings is 2. The number of rotatable bonds is 4. The van der Waals surface area contributed by atoms with Crippen molar-refractivity contribution in [2.75, 3.05) is 22.4 Å². The van der Waals surface area contributed by atoms with E-state index in [1.807, 2.05) is 0 Å². The molecule has 1 N–H and O–H groups in total. The predicted molar refractivity (Wildman–Crippen MR) is 99.8 cm³/mol. The number of nitrogens with zero attached hydrogens (tertiary/aromatic N) is 2. The number of nitrogens with one attached hydrogen (secondary N) is 1. The second kappa shape index (κ2) is 7.05. The van der Waals surface area contributed by atoms with Crippen LogP contribution < -0.4 is 14.4 Å². The summed E-state index contributed by atoms with van der Waals surface area (Å²) in [6.07, 6.45) is -0.133. The lowest BCUT2D eigenvalue weighted by Gasteiger charge is -2.34. The number of nitro groups is 1. The Kier molecular flexibility index (Phi) is 4.94. The number of halogens is 1. The third kappa shape index (κ3) is 4.12. The minimum Gasteiger partial charge on any atom is -0.476 e. The van der Waals surface area contributed by atoms with Gasteiger partial charge in [-0.2, -0.15) is 0 Å². The Morgan fingerprint density at radius 3 is 2.74 bits per heavy atom. The molecule has 0 saturated carbocycles. The Labute approximate surface area is 159 Å². The second-order valence-electron chi connectivity index (χ2n) is 5.81. The SMILES string of the molecule is CS(=O)(=O)N1C[C@H](C(=O)Nc2cccc([N+](=O)[O-])c2)Oc2ccc(Cl)cc21. The molecule has 0 bridgehead atoms. The van der Waals surface area contributed by atoms with Crippen molar-refractivity contribution in [3.8, 4) is 5.75 Å². The van der Waals surface area contributed by atoms with Crippen LogP contribution in [0.15, 0.2) is 42.5 Å². The molecule has 9 nitrogen and oxygen atoms in total. The molecule has 0 aromatic heterocycles. The van der Waals surface area contributed by atoms with Crippen LogP contribution in [0.4, 0.5) is 17.1 Å². The number of hydrogen-bond donors (Lipinski definition) is 1. The Hall–Kier alpha value is -2.85. The molecule has 3 rings (SSSR count). The molecule has 27 heavy (non-hydrogen) atoms. The van der Waals surface area contributed by atoms with Gasteiger partial charge in [-0.3, -0.25) is 19.2 Å². The molecule has 2 aromatic carbocycles. The van der Waals surface area contributed by atoms with Crippen molar-refractivity contribution in [2.45, 2.75) is 6.10 Å². The van der Waals surface area contributed by atoms with Crippen molar-refractivity contribution in [2.24, 2.45) is 0 Å². The van der Waals surface area contributed by atoms with Gasteiger partial charge in [0.1, 0.15) is 5.75 Å². The first-order valence-corrected chi connectivity index (χ1v) is 9.87. The number of carbonyl (C=O) groups is 1. The van der Waals surface area contributed by atoms with Crippen LogP contribution in [0.2, 0.25) is 5.02 Å². The third-order valence-electron chi connectivity index (χ3n) is 3.81. The summed E-state index contributed by atoms with van der Waals surface area (Å²) in [5, 5.41) is 13.7. The Balaban J connectivity index is 1.87. The summed E-state index contributed by atoms with van der Waals surface area (Å²) in [7, 11) is -3.69. The summed E-state index contributed by atoms with van der Waals surface area (Å²) in [6.45, 7) is -0.257. The average Bonchev–Trinajstić information content (AvgIpc) is 2.60. The van der Waals surface area contributed by atoms with Gasteiger partial charge in [0.25, 0.3) is 11.6 Å². The predicted octanol–water partition coefficient (Wildman–Crippen LogP) is 2.41. The van der Waals surface area contributed by atoms with E-state index in [1.165, 1.54) is 42.5 Å². The molecular formula is C16H14ClN3O6S. The van der Waals surface area contributed by atoms with Crippen LogP contribution in [0.1, 0.15) is 0 Å². The van der Waals surface area contributed by atoms with Crippen LogP contribution in [0.5, 0.6) is 5.75 Å². The van der Waals surface area contributed by atoms with Crippen LogP contribution in [0, 0.1) is 10.1 Å². The highest BCUT2D eigenvalue weighted by Crippen LogP contribution is 2.37. The van der Waals surface area contributed by atoms with Gasteiger partial charge < -0.3 is 10.1 Å². The molecule has 0 unspecified atom stereocenters. The van der Waals surface area contributed by atoms with Crippen molar-refractivity contribution in [3.63, 3.8) is 0 Å². The topological polar surface area (TPSA) is 119 Å². The van der Waals surface area contributed by atoms with E-state index < -0.39 is 27.0 Å². The van der Waals surface area contributed by atoms with Crippen LogP contribution in [-0.4, -0.2) is 38.2 Å². The molecule has 142 valence electrons. The van der Waals surface area contributed by atoms with Crippen LogP contribution >= 0.6 is 11.6 Å². The van der Waals surface area contributed by atoms with Gasteiger partial charge in [-0.15, -0.1) is 0 Å². The zero-order valence-electron chi connectivity index (χ0n) is 14.0. The normalized spacial score (nSPS) is 16.2. The lowest BCUT2D eigenvalue weighted by Crippen LogP contribution is -2.48. The lowest BCUT2D eigenvalue weighted by molar-refractivity contribution is -0.384. The minimum absolute atomic E-state index is 0.185. The monoisotopic (exact) mass is 411 g/mol. The van der Waals surface area contributed by atoms with Crippen molar-refractivity contribution < 1.29 is 22.9 Å². The lowest BCUT2D eigenvalue weighted by atomic mass is 10.2. The van der Waals surface area contributed by atoms with E-state index >= 15 is 0 Å². The van der Waals surface area contributed by atoms with Crippen LogP contribution in [0.3, 0.4) is 0 Å². The fourth-order valence-corrected chi connectivity index (χ4v) is 3.67. The van der Waals surface area contributed by atoms with Gasteiger partial charge in [0.15, 0.2) is 6.10 Å². The van der Waals surface area contributed by atoms with Gasteiger partial charge >= 0.3 is 0 Å². The first-order chi connectivity index (χ1) is 12.6. The van der Waals surface area contributed by atoms with E-state index in [9.17, 15) is 23.3 Å². The average molecular weight is 412 g/mol. The fourth-order valence-electron chi connectivity index (χ4n) is 2.60. The van der Waals surface area contributed by atoms with E-state index in [1.54, 1.807) is 0 Å². The molecule has 0 fully saturated rings. The first-order valence-electron chi connectivity index (χ1n) is 7.64. The largest absolute Gasteiger partial charge is 0.476 e. The first kappa shape index (κ1) is 18.9. The summed E-state index contributed by atoms with van der Waals surface area (Å²) < 4.78 is 30.9. The van der Waals surface area contributed by atoms with E-state index in [2.05, 4.69) is 5.32 Å². The maximum Gasteiger partial charge on any atom is 0.271 e. The molecule has 1 atom stereocenters. The number of anilines is 2. The molecule has 0 radical (unpaired) electrons. The molecule has 0 aliphatic carbocycles. The van der Waals surface area contributed by atoms with Gasteiger partial charge in [0.05, 0.1) is 23.4 Å². The highest BCUT2D eigenvalue weighted by Gasteiger charge is 2.35. The molecule has 2 aromatic rings. The summed E-state index contributed by atoms with van der Waals surface area (Å²) in [5.74, 6) is -0.444. The Morgan fingerprint density at radius 1 is 1.33 bits per heavy atom. The van der Waals surface area contributed by atoms with Crippen LogP contribution in [0.25, 0.3) is 0 Å². The number of amides is 1. The van der Waals surface area contributed by atoms with Crippen molar-refractivity contribution in [1.29, 1.82) is 0 Å². The number of sulfonamides is 1. The minimum atomic E-state index is -3.69. The fraction of sp³-hybridized carbons (Fsp3) is 0.188. The van der Waals surface area contributed by atoms with Gasteiger partial charge in [0.2, 0.25) is 10.0 Å². The van der Waals surface area contributed by atoms with Crippen molar-refractivity contribution in [3.05, 3.63) is 57.6 Å². The molecule has 1 aliphatic heterocycles. The molecule has 0 spiro atoms. The van der Waals surface area contributed by atoms with Gasteiger partial charge in [-0.05, 0) is 24.3 Å². The highest BCUT2D eigenvalue weighted by molar-refractivity contribution is 7.92. The van der Waals surface area contributed by atoms with Gasteiger partial charge in [-0.25, -0.2) is 8.42 Å². The molecule has 0 saturated heterocycles. The number of nitro benzene ring substituents is 1. The Morgan fingerprint density at radius 2 is 2.07 bits per heavy atom. The van der Waals surface area contributed by atoms with Crippen molar-refractivity contribution >= 4 is 44.6 Å². The zero-order valence-corrected chi connectivity index (χ0v) is 15.5. The van der Waals surface area contributed by atoms with Gasteiger partial charge in [-0.1, -0.05) is 17.7 Å². The summed E-state index contributed by atoms with van der Waals surface area (Å²) in [5.41, 5.74) is 0.255. The van der Waals surface area contributed by atoms with Crippen molar-refractivity contribution in [1.82, 2.24) is 0 Å². The maximum absolute atomic E-state index is 12.5. The molecule has 1 heterocycles. The molecule has 11 heteroatoms. The smallest absolute Gasteiger partial charge is 0.271 e. The van der Waals surface area contributed by atoms with E-state index in [4.69, 9.17) is 16.3 Å². The van der Waals surface area contributed by atoms with E-state index in [-0.39, 0.29) is 29.4 Å². The molecule has 1 amide bonds. The number of carbonyl (C=O) groups excluding carboxylic acids is 1. The van der Waals surface area contributed by atoms with E-state index in [0.717, 1.165) is 10.6 Å². The second-order valence-corrected chi connectivity index (χ2v) is 8.15. The standard InChI is InChI=1S/C16H14ClN3O6S/c1-27(24,25)19-9-15(26-14-6-5-10(17)7-13(14)19)16(21)18-11-3-2-4-12(8-11)20(22)23/h2-8,15H,9H2,1H3,(H,18,21)/t15-/m1/s1. The van der Waals surface area contributed by atoms with E-state index in [0.29, 0.717) is 5.02 Å². The molecule has 1 aliphatic rings. The molecular weight excluding hydrogens is 398 g/mol.